The van der Waals surface area contributed by atoms with E-state index in [-0.39, 0.29) is 4.33 Å². The van der Waals surface area contributed by atoms with Crippen LogP contribution in [0.25, 0.3) is 0 Å². The van der Waals surface area contributed by atoms with E-state index in [0.29, 0.717) is 11.8 Å². The lowest BCUT2D eigenvalue weighted by Crippen LogP contribution is -2.09. The molecule has 0 unspecified atom stereocenters. The minimum absolute atomic E-state index is 0.360. The predicted octanol–water partition coefficient (Wildman–Crippen LogP) is 4.17. The van der Waals surface area contributed by atoms with Gasteiger partial charge in [0.15, 0.2) is 0 Å². The second kappa shape index (κ2) is 3.15. The van der Waals surface area contributed by atoms with Gasteiger partial charge in [-0.15, -0.1) is 23.2 Å². The van der Waals surface area contributed by atoms with Gasteiger partial charge in [-0.05, 0) is 55.8 Å². The number of halogens is 2. The summed E-state index contributed by atoms with van der Waals surface area (Å²) in [5.41, 5.74) is 0. The van der Waals surface area contributed by atoms with Crippen LogP contribution in [0.2, 0.25) is 0 Å². The molecule has 3 aliphatic rings. The van der Waals surface area contributed by atoms with Gasteiger partial charge in [-0.2, -0.15) is 0 Å². The van der Waals surface area contributed by atoms with Crippen molar-refractivity contribution in [1.82, 2.24) is 0 Å². The van der Waals surface area contributed by atoms with Crippen molar-refractivity contribution in [1.29, 1.82) is 0 Å². The first-order valence-electron chi connectivity index (χ1n) is 5.70. The Kier molecular flexibility index (Phi) is 2.15. The van der Waals surface area contributed by atoms with Crippen molar-refractivity contribution in [3.8, 4) is 0 Å². The molecule has 0 spiro atoms. The molecule has 2 bridgehead atoms. The van der Waals surface area contributed by atoms with Crippen LogP contribution < -0.4 is 0 Å². The highest BCUT2D eigenvalue weighted by atomic mass is 35.5. The van der Waals surface area contributed by atoms with Crippen molar-refractivity contribution in [3.05, 3.63) is 12.2 Å². The zero-order chi connectivity index (χ0) is 9.76. The quantitative estimate of drug-likeness (QED) is 0.433. The van der Waals surface area contributed by atoms with Crippen molar-refractivity contribution in [2.24, 2.45) is 23.7 Å². The SMILES string of the molecule is ClC1(Cl)[C@@H]2C[C@@H]3CC=CC[C@@H](C3)C[C@H]21. The van der Waals surface area contributed by atoms with Gasteiger partial charge < -0.3 is 0 Å². The summed E-state index contributed by atoms with van der Waals surface area (Å²) in [5, 5.41) is 0. The molecule has 0 aromatic heterocycles. The smallest absolute Gasteiger partial charge is 0.101 e. The van der Waals surface area contributed by atoms with Gasteiger partial charge in [-0.25, -0.2) is 0 Å². The van der Waals surface area contributed by atoms with E-state index in [4.69, 9.17) is 23.2 Å². The third kappa shape index (κ3) is 1.42. The van der Waals surface area contributed by atoms with Crippen LogP contribution in [0, 0.1) is 23.7 Å². The van der Waals surface area contributed by atoms with Crippen molar-refractivity contribution in [3.63, 3.8) is 0 Å². The molecular weight excluding hydrogens is 215 g/mol. The second-order valence-electron chi connectivity index (χ2n) is 5.27. The molecule has 2 saturated carbocycles. The molecule has 0 nitrogen and oxygen atoms in total. The Labute approximate surface area is 95.7 Å². The third-order valence-corrected chi connectivity index (χ3v) is 5.43. The largest absolute Gasteiger partial charge is 0.124 e. The van der Waals surface area contributed by atoms with Gasteiger partial charge in [-0.3, -0.25) is 0 Å². The topological polar surface area (TPSA) is 0 Å². The van der Waals surface area contributed by atoms with Crippen LogP contribution in [0.5, 0.6) is 0 Å². The van der Waals surface area contributed by atoms with E-state index in [0.717, 1.165) is 11.8 Å². The average molecular weight is 231 g/mol. The molecule has 0 aromatic carbocycles. The normalized spacial score (nSPS) is 49.0. The van der Waals surface area contributed by atoms with Gasteiger partial charge in [0.25, 0.3) is 0 Å². The molecular formula is C12H16Cl2. The van der Waals surface area contributed by atoms with E-state index in [1.807, 2.05) is 0 Å². The van der Waals surface area contributed by atoms with E-state index in [1.165, 1.54) is 32.1 Å². The molecule has 78 valence electrons. The van der Waals surface area contributed by atoms with Crippen molar-refractivity contribution >= 4 is 23.2 Å². The van der Waals surface area contributed by atoms with E-state index < -0.39 is 0 Å². The van der Waals surface area contributed by atoms with Crippen molar-refractivity contribution in [2.45, 2.75) is 36.4 Å². The van der Waals surface area contributed by atoms with E-state index in [1.54, 1.807) is 0 Å². The van der Waals surface area contributed by atoms with Crippen LogP contribution in [0.15, 0.2) is 12.2 Å². The van der Waals surface area contributed by atoms with Gasteiger partial charge in [0.1, 0.15) is 4.33 Å². The number of hydrogen-bond acceptors (Lipinski definition) is 0. The summed E-state index contributed by atoms with van der Waals surface area (Å²) in [6, 6.07) is 0. The van der Waals surface area contributed by atoms with Gasteiger partial charge in [-0.1, -0.05) is 12.2 Å². The molecule has 0 amide bonds. The fraction of sp³-hybridized carbons (Fsp3) is 0.833. The Balaban J connectivity index is 1.81. The highest BCUT2D eigenvalue weighted by molar-refractivity contribution is 6.51. The molecule has 0 aliphatic heterocycles. The molecule has 0 radical (unpaired) electrons. The second-order valence-corrected chi connectivity index (χ2v) is 6.71. The molecule has 0 aromatic rings. The summed E-state index contributed by atoms with van der Waals surface area (Å²) in [5.74, 6) is 2.92. The van der Waals surface area contributed by atoms with E-state index in [2.05, 4.69) is 12.2 Å². The Morgan fingerprint density at radius 1 is 0.857 bits per heavy atom. The summed E-state index contributed by atoms with van der Waals surface area (Å²) in [6.45, 7) is 0. The summed E-state index contributed by atoms with van der Waals surface area (Å²) < 4.78 is -0.360. The summed E-state index contributed by atoms with van der Waals surface area (Å²) in [7, 11) is 0. The highest BCUT2D eigenvalue weighted by Gasteiger charge is 2.63. The van der Waals surface area contributed by atoms with Crippen LogP contribution in [-0.4, -0.2) is 4.33 Å². The summed E-state index contributed by atoms with van der Waals surface area (Å²) >= 11 is 12.6. The lowest BCUT2D eigenvalue weighted by molar-refractivity contribution is 0.364. The maximum absolute atomic E-state index is 6.30. The first kappa shape index (κ1) is 9.54. The van der Waals surface area contributed by atoms with Crippen molar-refractivity contribution < 1.29 is 0 Å². The van der Waals surface area contributed by atoms with E-state index >= 15 is 0 Å². The monoisotopic (exact) mass is 230 g/mol. The van der Waals surface area contributed by atoms with Crippen LogP contribution >= 0.6 is 23.2 Å². The van der Waals surface area contributed by atoms with Gasteiger partial charge >= 0.3 is 0 Å². The Morgan fingerprint density at radius 2 is 1.36 bits per heavy atom. The first-order valence-corrected chi connectivity index (χ1v) is 6.46. The Hall–Kier alpha value is 0.320. The van der Waals surface area contributed by atoms with Gasteiger partial charge in [0.05, 0.1) is 0 Å². The Bertz CT molecular complexity index is 245. The summed E-state index contributed by atoms with van der Waals surface area (Å²) in [6.07, 6.45) is 11.2. The van der Waals surface area contributed by atoms with Crippen LogP contribution in [0.4, 0.5) is 0 Å². The lowest BCUT2D eigenvalue weighted by Gasteiger charge is -2.18. The molecule has 0 N–H and O–H groups in total. The van der Waals surface area contributed by atoms with Gasteiger partial charge in [0, 0.05) is 0 Å². The Morgan fingerprint density at radius 3 is 1.86 bits per heavy atom. The van der Waals surface area contributed by atoms with Crippen LogP contribution in [-0.2, 0) is 0 Å². The zero-order valence-corrected chi connectivity index (χ0v) is 9.77. The molecule has 2 heteroatoms. The highest BCUT2D eigenvalue weighted by Crippen LogP contribution is 2.66. The van der Waals surface area contributed by atoms with E-state index in [9.17, 15) is 0 Å². The fourth-order valence-electron chi connectivity index (χ4n) is 3.45. The molecule has 4 atom stereocenters. The third-order valence-electron chi connectivity index (χ3n) is 4.31. The standard InChI is InChI=1S/C12H16Cl2/c13-12(14)10-6-8-3-1-2-4-9(5-8)7-11(10)12/h1-2,8-11H,3-7H2/t8-,9+,10-,11-/m1/s1. The van der Waals surface area contributed by atoms with Crippen LogP contribution in [0.3, 0.4) is 0 Å². The minimum atomic E-state index is -0.360. The number of allylic oxidation sites excluding steroid dienone is 2. The molecule has 14 heavy (non-hydrogen) atoms. The fourth-order valence-corrected chi connectivity index (χ4v) is 4.29. The minimum Gasteiger partial charge on any atom is -0.101 e. The van der Waals surface area contributed by atoms with Crippen LogP contribution in [0.1, 0.15) is 32.1 Å². The predicted molar refractivity (Wildman–Crippen MR) is 60.6 cm³/mol. The van der Waals surface area contributed by atoms with Gasteiger partial charge in [0.2, 0.25) is 0 Å². The number of fused-ring (bicyclic) bond motifs is 3. The number of alkyl halides is 2. The zero-order valence-electron chi connectivity index (χ0n) is 8.26. The molecule has 0 saturated heterocycles. The van der Waals surface area contributed by atoms with Crippen molar-refractivity contribution in [2.75, 3.05) is 0 Å². The molecule has 2 fully saturated rings. The molecule has 0 heterocycles. The number of hydrogen-bond donors (Lipinski definition) is 0. The summed E-state index contributed by atoms with van der Waals surface area (Å²) in [4.78, 5) is 0. The maximum atomic E-state index is 6.30. The number of rotatable bonds is 0. The molecule has 3 rings (SSSR count). The molecule has 3 aliphatic carbocycles. The lowest BCUT2D eigenvalue weighted by atomic mass is 9.89. The average Bonchev–Trinajstić information content (AvgIpc) is 2.78. The maximum Gasteiger partial charge on any atom is 0.124 e. The first-order chi connectivity index (χ1) is 6.68.